The van der Waals surface area contributed by atoms with Crippen molar-refractivity contribution in [3.05, 3.63) is 105 Å². The number of methoxy groups -OCH3 is 1. The molecule has 42 heavy (non-hydrogen) atoms. The van der Waals surface area contributed by atoms with E-state index in [1.165, 1.54) is 15.9 Å². The van der Waals surface area contributed by atoms with Crippen molar-refractivity contribution < 1.29 is 9.47 Å². The lowest BCUT2D eigenvalue weighted by Gasteiger charge is -2.06. The van der Waals surface area contributed by atoms with Gasteiger partial charge in [-0.3, -0.25) is 4.79 Å². The fraction of sp³-hybridized carbons (Fsp3) is 0.212. The third kappa shape index (κ3) is 5.56. The highest BCUT2D eigenvalue weighted by Crippen LogP contribution is 2.29. The molecule has 3 heterocycles. The Morgan fingerprint density at radius 3 is 2.45 bits per heavy atom. The molecular weight excluding hydrogens is 546 g/mol. The van der Waals surface area contributed by atoms with E-state index in [1.54, 1.807) is 7.11 Å². The summed E-state index contributed by atoms with van der Waals surface area (Å²) in [6.07, 6.45) is 7.17. The Kier molecular flexibility index (Phi) is 7.83. The summed E-state index contributed by atoms with van der Waals surface area (Å²) in [6.45, 7) is 4.88. The van der Waals surface area contributed by atoms with Gasteiger partial charge in [-0.2, -0.15) is 14.6 Å². The second kappa shape index (κ2) is 12.0. The lowest BCUT2D eigenvalue weighted by atomic mass is 10.0. The number of fused-ring (bicyclic) bond motifs is 1. The van der Waals surface area contributed by atoms with Crippen LogP contribution >= 0.6 is 11.3 Å². The van der Waals surface area contributed by atoms with Gasteiger partial charge in [0, 0.05) is 22.9 Å². The predicted octanol–water partition coefficient (Wildman–Crippen LogP) is 6.10. The number of unbranched alkanes of at least 4 members (excludes halogenated alkanes) is 2. The monoisotopic (exact) mass is 577 g/mol. The number of aromatic nitrogens is 5. The van der Waals surface area contributed by atoms with Crippen LogP contribution in [0.25, 0.3) is 39.4 Å². The minimum atomic E-state index is -0.214. The third-order valence-corrected chi connectivity index (χ3v) is 7.99. The number of hydrogen-bond acceptors (Lipinski definition) is 7. The van der Waals surface area contributed by atoms with Crippen molar-refractivity contribution in [2.75, 3.05) is 13.7 Å². The number of hydrogen-bond donors (Lipinski definition) is 0. The molecule has 0 fully saturated rings. The van der Waals surface area contributed by atoms with E-state index in [2.05, 4.69) is 17.0 Å². The first kappa shape index (κ1) is 27.4. The van der Waals surface area contributed by atoms with Gasteiger partial charge in [0.05, 0.1) is 23.9 Å². The molecule has 0 radical (unpaired) electrons. The number of aryl methyl sites for hydroxylation is 1. The third-order valence-electron chi connectivity index (χ3n) is 7.03. The molecule has 0 atom stereocenters. The van der Waals surface area contributed by atoms with Gasteiger partial charge in [-0.15, -0.1) is 5.10 Å². The largest absolute Gasteiger partial charge is 0.496 e. The molecule has 0 spiro atoms. The molecule has 0 amide bonds. The molecule has 0 saturated carbocycles. The first-order valence-corrected chi connectivity index (χ1v) is 14.8. The van der Waals surface area contributed by atoms with Crippen LogP contribution in [0.4, 0.5) is 0 Å². The Balaban J connectivity index is 1.35. The van der Waals surface area contributed by atoms with E-state index >= 15 is 0 Å². The van der Waals surface area contributed by atoms with Gasteiger partial charge in [0.15, 0.2) is 5.82 Å². The minimum Gasteiger partial charge on any atom is -0.496 e. The van der Waals surface area contributed by atoms with E-state index in [0.717, 1.165) is 64.4 Å². The molecule has 3 aromatic carbocycles. The Morgan fingerprint density at radius 2 is 1.74 bits per heavy atom. The number of ether oxygens (including phenoxy) is 2. The lowest BCUT2D eigenvalue weighted by Crippen LogP contribution is -2.23. The van der Waals surface area contributed by atoms with E-state index in [-0.39, 0.29) is 5.56 Å². The molecule has 9 heteroatoms. The highest BCUT2D eigenvalue weighted by atomic mass is 32.1. The Morgan fingerprint density at radius 1 is 0.952 bits per heavy atom. The molecule has 3 aromatic heterocycles. The molecule has 6 rings (SSSR count). The molecule has 0 N–H and O–H groups in total. The summed E-state index contributed by atoms with van der Waals surface area (Å²) < 4.78 is 15.0. The highest BCUT2D eigenvalue weighted by Gasteiger charge is 2.16. The van der Waals surface area contributed by atoms with Crippen LogP contribution in [0, 0.1) is 6.92 Å². The maximum Gasteiger partial charge on any atom is 0.291 e. The average molecular weight is 578 g/mol. The van der Waals surface area contributed by atoms with Gasteiger partial charge in [0.2, 0.25) is 4.96 Å². The average Bonchev–Trinajstić information content (AvgIpc) is 3.71. The topological polar surface area (TPSA) is 83.5 Å². The second-order valence-electron chi connectivity index (χ2n) is 10.0. The van der Waals surface area contributed by atoms with Crippen LogP contribution in [-0.2, 0) is 0 Å². The van der Waals surface area contributed by atoms with Gasteiger partial charge in [0.25, 0.3) is 5.56 Å². The summed E-state index contributed by atoms with van der Waals surface area (Å²) in [5, 5.41) is 9.44. The Labute approximate surface area is 247 Å². The number of rotatable bonds is 10. The Hall–Kier alpha value is -4.76. The summed E-state index contributed by atoms with van der Waals surface area (Å²) in [5.41, 5.74) is 5.06. The zero-order valence-corrected chi connectivity index (χ0v) is 24.6. The molecule has 0 unspecified atom stereocenters. The number of thiazole rings is 1. The van der Waals surface area contributed by atoms with Gasteiger partial charge in [-0.05, 0) is 79.6 Å². The molecule has 212 valence electrons. The van der Waals surface area contributed by atoms with Crippen molar-refractivity contribution in [1.29, 1.82) is 0 Å². The van der Waals surface area contributed by atoms with E-state index in [0.29, 0.717) is 21.9 Å². The first-order chi connectivity index (χ1) is 20.5. The second-order valence-corrected chi connectivity index (χ2v) is 11.0. The quantitative estimate of drug-likeness (QED) is 0.183. The number of benzene rings is 3. The van der Waals surface area contributed by atoms with Crippen molar-refractivity contribution in [3.63, 3.8) is 0 Å². The van der Waals surface area contributed by atoms with Crippen molar-refractivity contribution >= 4 is 22.4 Å². The lowest BCUT2D eigenvalue weighted by molar-refractivity contribution is 0.306. The van der Waals surface area contributed by atoms with Gasteiger partial charge >= 0.3 is 0 Å². The predicted molar refractivity (Wildman–Crippen MR) is 167 cm³/mol. The Bertz CT molecular complexity index is 1940. The molecule has 0 aliphatic carbocycles. The molecule has 0 bridgehead atoms. The van der Waals surface area contributed by atoms with Crippen LogP contribution in [0.2, 0.25) is 0 Å². The minimum absolute atomic E-state index is 0.214. The summed E-state index contributed by atoms with van der Waals surface area (Å²) in [6, 6.07) is 23.5. The summed E-state index contributed by atoms with van der Waals surface area (Å²) >= 11 is 1.31. The molecule has 0 aliphatic rings. The van der Waals surface area contributed by atoms with Crippen LogP contribution in [0.3, 0.4) is 0 Å². The molecule has 0 saturated heterocycles. The van der Waals surface area contributed by atoms with Crippen LogP contribution in [0.15, 0.2) is 83.8 Å². The zero-order valence-electron chi connectivity index (χ0n) is 23.8. The van der Waals surface area contributed by atoms with Crippen LogP contribution in [0.1, 0.15) is 37.3 Å². The standard InChI is InChI=1S/C33H31N5O3S/c1-4-5-9-18-41-27-15-12-23(13-16-27)31-34-33-38(36-31)32(39)29(42-33)20-25-21-37(26-10-7-6-8-11-26)35-30(25)24-14-17-28(40-3)22(2)19-24/h6-8,10-17,19-21H,4-5,9,18H2,1-3H3/b29-20-. The highest BCUT2D eigenvalue weighted by molar-refractivity contribution is 7.15. The molecule has 6 aromatic rings. The number of nitrogens with zero attached hydrogens (tertiary/aromatic N) is 5. The van der Waals surface area contributed by atoms with Crippen LogP contribution in [0.5, 0.6) is 11.5 Å². The number of para-hydroxylation sites is 1. The maximum absolute atomic E-state index is 13.4. The fourth-order valence-electron chi connectivity index (χ4n) is 4.80. The molecule has 0 aliphatic heterocycles. The molecular formula is C33H31N5O3S. The smallest absolute Gasteiger partial charge is 0.291 e. The van der Waals surface area contributed by atoms with Gasteiger partial charge < -0.3 is 9.47 Å². The SMILES string of the molecule is CCCCCOc1ccc(-c2nc3s/c(=C\c4cn(-c5ccccc5)nc4-c4ccc(OC)c(C)c4)c(=O)n3n2)cc1. The molecule has 8 nitrogen and oxygen atoms in total. The summed E-state index contributed by atoms with van der Waals surface area (Å²) in [7, 11) is 1.66. The van der Waals surface area contributed by atoms with Gasteiger partial charge in [0.1, 0.15) is 17.2 Å². The maximum atomic E-state index is 13.4. The van der Waals surface area contributed by atoms with Crippen molar-refractivity contribution in [2.24, 2.45) is 0 Å². The van der Waals surface area contributed by atoms with E-state index in [4.69, 9.17) is 14.6 Å². The van der Waals surface area contributed by atoms with Crippen molar-refractivity contribution in [3.8, 4) is 39.8 Å². The van der Waals surface area contributed by atoms with E-state index in [1.807, 2.05) is 96.7 Å². The van der Waals surface area contributed by atoms with E-state index in [9.17, 15) is 4.79 Å². The first-order valence-electron chi connectivity index (χ1n) is 14.0. The van der Waals surface area contributed by atoms with E-state index < -0.39 is 0 Å². The summed E-state index contributed by atoms with van der Waals surface area (Å²) in [4.78, 5) is 18.6. The van der Waals surface area contributed by atoms with Crippen LogP contribution in [-0.4, -0.2) is 38.1 Å². The van der Waals surface area contributed by atoms with Crippen LogP contribution < -0.4 is 19.6 Å². The van der Waals surface area contributed by atoms with Crippen molar-refractivity contribution in [1.82, 2.24) is 24.4 Å². The van der Waals surface area contributed by atoms with Gasteiger partial charge in [-0.1, -0.05) is 49.3 Å². The van der Waals surface area contributed by atoms with Gasteiger partial charge in [-0.25, -0.2) is 4.68 Å². The fourth-order valence-corrected chi connectivity index (χ4v) is 5.69. The normalized spacial score (nSPS) is 11.8. The summed E-state index contributed by atoms with van der Waals surface area (Å²) in [5.74, 6) is 2.13. The zero-order chi connectivity index (χ0) is 29.1. The van der Waals surface area contributed by atoms with Crippen molar-refractivity contribution in [2.45, 2.75) is 33.1 Å².